The van der Waals surface area contributed by atoms with Gasteiger partial charge in [-0.3, -0.25) is 4.79 Å². The highest BCUT2D eigenvalue weighted by Gasteiger charge is 2.20. The second-order valence-corrected chi connectivity index (χ2v) is 7.38. The number of rotatable bonds is 3. The van der Waals surface area contributed by atoms with Crippen LogP contribution in [0, 0.1) is 17.8 Å². The number of primary amides is 1. The molecule has 1 amide bonds. The zero-order valence-electron chi connectivity index (χ0n) is 14.8. The Morgan fingerprint density at radius 2 is 1.80 bits per heavy atom. The van der Waals surface area contributed by atoms with E-state index in [-0.39, 0.29) is 12.1 Å². The van der Waals surface area contributed by atoms with Crippen molar-refractivity contribution in [1.82, 2.24) is 0 Å². The summed E-state index contributed by atoms with van der Waals surface area (Å²) in [5.74, 6) is 6.64. The molecule has 0 unspecified atom stereocenters. The lowest BCUT2D eigenvalue weighted by Gasteiger charge is -2.27. The number of aliphatic hydroxyl groups is 1. The first kappa shape index (κ1) is 17.8. The van der Waals surface area contributed by atoms with Crippen LogP contribution in [-0.2, 0) is 0 Å². The molecule has 0 atom stereocenters. The first-order chi connectivity index (χ1) is 12.1. The smallest absolute Gasteiger partial charge is 0.250 e. The standard InChI is InChI=1S/C21H28N2O2/c22-21(25)19-14-16(7-6-15-4-2-1-3-5-15)8-13-20(19)23-17-9-11-18(24)12-10-17/h8,13-15,17-18,23-24H,1-5,9-12H2,(H2,22,25). The van der Waals surface area contributed by atoms with Gasteiger partial charge in [-0.25, -0.2) is 0 Å². The molecule has 2 aliphatic carbocycles. The van der Waals surface area contributed by atoms with E-state index in [1.807, 2.05) is 12.1 Å². The maximum absolute atomic E-state index is 11.9. The average molecular weight is 340 g/mol. The fourth-order valence-corrected chi connectivity index (χ4v) is 3.82. The predicted molar refractivity (Wildman–Crippen MR) is 100 cm³/mol. The number of nitrogens with one attached hydrogen (secondary N) is 1. The Morgan fingerprint density at radius 3 is 2.48 bits per heavy atom. The maximum Gasteiger partial charge on any atom is 0.250 e. The largest absolute Gasteiger partial charge is 0.393 e. The van der Waals surface area contributed by atoms with Crippen LogP contribution in [0.1, 0.15) is 73.7 Å². The summed E-state index contributed by atoms with van der Waals surface area (Å²) in [4.78, 5) is 11.9. The minimum atomic E-state index is -0.431. The fraction of sp³-hybridized carbons (Fsp3) is 0.571. The zero-order valence-corrected chi connectivity index (χ0v) is 14.8. The predicted octanol–water partition coefficient (Wildman–Crippen LogP) is 3.43. The Labute approximate surface area is 150 Å². The number of aliphatic hydroxyl groups excluding tert-OH is 1. The van der Waals surface area contributed by atoms with Gasteiger partial charge in [-0.2, -0.15) is 0 Å². The number of nitrogens with two attached hydrogens (primary N) is 1. The molecule has 4 heteroatoms. The van der Waals surface area contributed by atoms with E-state index in [1.54, 1.807) is 6.07 Å². The van der Waals surface area contributed by atoms with Gasteiger partial charge in [0.1, 0.15) is 0 Å². The zero-order chi connectivity index (χ0) is 17.6. The summed E-state index contributed by atoms with van der Waals surface area (Å²) >= 11 is 0. The molecule has 0 bridgehead atoms. The lowest BCUT2D eigenvalue weighted by molar-refractivity contribution is 0.100. The van der Waals surface area contributed by atoms with Crippen molar-refractivity contribution >= 4 is 11.6 Å². The Balaban J connectivity index is 1.72. The molecule has 0 heterocycles. The van der Waals surface area contributed by atoms with Crippen LogP contribution in [0.25, 0.3) is 0 Å². The normalized spacial score (nSPS) is 24.2. The van der Waals surface area contributed by atoms with Gasteiger partial charge in [0.25, 0.3) is 5.91 Å². The van der Waals surface area contributed by atoms with Crippen LogP contribution >= 0.6 is 0 Å². The van der Waals surface area contributed by atoms with E-state index < -0.39 is 5.91 Å². The van der Waals surface area contributed by atoms with E-state index in [9.17, 15) is 9.90 Å². The molecule has 0 aromatic heterocycles. The van der Waals surface area contributed by atoms with Gasteiger partial charge in [0.2, 0.25) is 0 Å². The molecule has 0 radical (unpaired) electrons. The Hall–Kier alpha value is -1.99. The van der Waals surface area contributed by atoms with Crippen molar-refractivity contribution in [2.75, 3.05) is 5.32 Å². The highest BCUT2D eigenvalue weighted by atomic mass is 16.3. The van der Waals surface area contributed by atoms with Crippen molar-refractivity contribution in [2.45, 2.75) is 69.9 Å². The summed E-state index contributed by atoms with van der Waals surface area (Å²) in [5.41, 5.74) is 7.71. The van der Waals surface area contributed by atoms with Crippen molar-refractivity contribution < 1.29 is 9.90 Å². The van der Waals surface area contributed by atoms with Crippen LogP contribution in [0.2, 0.25) is 0 Å². The van der Waals surface area contributed by atoms with Crippen LogP contribution in [0.15, 0.2) is 18.2 Å². The van der Waals surface area contributed by atoms with Crippen molar-refractivity contribution in [3.8, 4) is 11.8 Å². The first-order valence-corrected chi connectivity index (χ1v) is 9.52. The summed E-state index contributed by atoms with van der Waals surface area (Å²) in [7, 11) is 0. The molecule has 0 spiro atoms. The van der Waals surface area contributed by atoms with Crippen molar-refractivity contribution in [3.05, 3.63) is 29.3 Å². The third-order valence-corrected chi connectivity index (χ3v) is 5.37. The summed E-state index contributed by atoms with van der Waals surface area (Å²) in [6, 6.07) is 5.96. The minimum absolute atomic E-state index is 0.189. The van der Waals surface area contributed by atoms with Gasteiger partial charge < -0.3 is 16.2 Å². The van der Waals surface area contributed by atoms with E-state index in [1.165, 1.54) is 32.1 Å². The van der Waals surface area contributed by atoms with Crippen molar-refractivity contribution in [2.24, 2.45) is 11.7 Å². The molecule has 2 aliphatic rings. The molecule has 2 saturated carbocycles. The van der Waals surface area contributed by atoms with Gasteiger partial charge in [-0.05, 0) is 56.7 Å². The molecule has 2 fully saturated rings. The van der Waals surface area contributed by atoms with Gasteiger partial charge in [0, 0.05) is 23.2 Å². The second-order valence-electron chi connectivity index (χ2n) is 7.38. The molecular formula is C21H28N2O2. The molecule has 4 N–H and O–H groups in total. The summed E-state index contributed by atoms with van der Waals surface area (Å²) < 4.78 is 0. The van der Waals surface area contributed by atoms with Gasteiger partial charge in [0.15, 0.2) is 0 Å². The van der Waals surface area contributed by atoms with Crippen LogP contribution < -0.4 is 11.1 Å². The van der Waals surface area contributed by atoms with E-state index in [0.29, 0.717) is 11.5 Å². The topological polar surface area (TPSA) is 75.4 Å². The Bertz CT molecular complexity index is 660. The molecule has 3 rings (SSSR count). The van der Waals surface area contributed by atoms with E-state index in [4.69, 9.17) is 5.73 Å². The minimum Gasteiger partial charge on any atom is -0.393 e. The Morgan fingerprint density at radius 1 is 1.08 bits per heavy atom. The van der Waals surface area contributed by atoms with E-state index in [0.717, 1.165) is 36.9 Å². The molecule has 1 aromatic carbocycles. The van der Waals surface area contributed by atoms with Gasteiger partial charge in [0.05, 0.1) is 11.7 Å². The highest BCUT2D eigenvalue weighted by Crippen LogP contribution is 2.25. The lowest BCUT2D eigenvalue weighted by atomic mass is 9.89. The van der Waals surface area contributed by atoms with Crippen LogP contribution in [-0.4, -0.2) is 23.2 Å². The van der Waals surface area contributed by atoms with Crippen molar-refractivity contribution in [1.29, 1.82) is 0 Å². The summed E-state index contributed by atoms with van der Waals surface area (Å²) in [6.45, 7) is 0. The average Bonchev–Trinajstić information content (AvgIpc) is 2.63. The molecule has 25 heavy (non-hydrogen) atoms. The monoisotopic (exact) mass is 340 g/mol. The van der Waals surface area contributed by atoms with Crippen LogP contribution in [0.4, 0.5) is 5.69 Å². The molecule has 4 nitrogen and oxygen atoms in total. The second kappa shape index (κ2) is 8.40. The fourth-order valence-electron chi connectivity index (χ4n) is 3.82. The number of hydrogen-bond donors (Lipinski definition) is 3. The number of anilines is 1. The quantitative estimate of drug-likeness (QED) is 0.738. The van der Waals surface area contributed by atoms with Crippen LogP contribution in [0.3, 0.4) is 0 Å². The lowest BCUT2D eigenvalue weighted by Crippen LogP contribution is -2.29. The maximum atomic E-state index is 11.9. The SMILES string of the molecule is NC(=O)c1cc(C#CC2CCCCC2)ccc1NC1CCC(O)CC1. The first-order valence-electron chi connectivity index (χ1n) is 9.52. The third kappa shape index (κ3) is 4.99. The number of hydrogen-bond acceptors (Lipinski definition) is 3. The number of carbonyl (C=O) groups excluding carboxylic acids is 1. The molecule has 0 saturated heterocycles. The van der Waals surface area contributed by atoms with Crippen LogP contribution in [0.5, 0.6) is 0 Å². The molecule has 134 valence electrons. The third-order valence-electron chi connectivity index (χ3n) is 5.37. The Kier molecular flexibility index (Phi) is 5.99. The highest BCUT2D eigenvalue weighted by molar-refractivity contribution is 5.99. The van der Waals surface area contributed by atoms with Gasteiger partial charge in [-0.1, -0.05) is 31.1 Å². The van der Waals surface area contributed by atoms with Gasteiger partial charge >= 0.3 is 0 Å². The van der Waals surface area contributed by atoms with Crippen molar-refractivity contribution in [3.63, 3.8) is 0 Å². The summed E-state index contributed by atoms with van der Waals surface area (Å²) in [5, 5.41) is 13.0. The van der Waals surface area contributed by atoms with E-state index >= 15 is 0 Å². The van der Waals surface area contributed by atoms with Gasteiger partial charge in [-0.15, -0.1) is 0 Å². The van der Waals surface area contributed by atoms with E-state index in [2.05, 4.69) is 17.2 Å². The summed E-state index contributed by atoms with van der Waals surface area (Å²) in [6.07, 6.45) is 9.45. The number of amides is 1. The molecular weight excluding hydrogens is 312 g/mol. The molecule has 0 aliphatic heterocycles. The number of carbonyl (C=O) groups is 1. The molecule has 1 aromatic rings. The number of benzene rings is 1.